The molecule has 1 aliphatic rings. The van der Waals surface area contributed by atoms with Crippen LogP contribution in [0.1, 0.15) is 40.0 Å². The third kappa shape index (κ3) is 6.33. The van der Waals surface area contributed by atoms with Crippen LogP contribution < -0.4 is 5.32 Å². The van der Waals surface area contributed by atoms with Crippen molar-refractivity contribution >= 4 is 12.0 Å². The molecule has 1 atom stereocenters. The molecule has 6 nitrogen and oxygen atoms in total. The summed E-state index contributed by atoms with van der Waals surface area (Å²) >= 11 is 0. The molecule has 1 fully saturated rings. The molecular weight excluding hydrogens is 270 g/mol. The van der Waals surface area contributed by atoms with Crippen molar-refractivity contribution in [3.05, 3.63) is 0 Å². The van der Waals surface area contributed by atoms with Gasteiger partial charge in [0.2, 0.25) is 5.91 Å². The highest BCUT2D eigenvalue weighted by Crippen LogP contribution is 2.20. The van der Waals surface area contributed by atoms with Crippen LogP contribution in [-0.2, 0) is 9.53 Å². The minimum Gasteiger partial charge on any atom is -0.444 e. The highest BCUT2D eigenvalue weighted by Gasteiger charge is 2.34. The third-order valence-electron chi connectivity index (χ3n) is 3.29. The molecule has 1 heterocycles. The zero-order chi connectivity index (χ0) is 16.0. The Morgan fingerprint density at radius 3 is 2.52 bits per heavy atom. The molecule has 0 aromatic rings. The molecule has 21 heavy (non-hydrogen) atoms. The first-order chi connectivity index (χ1) is 9.70. The van der Waals surface area contributed by atoms with Crippen molar-refractivity contribution in [1.29, 1.82) is 0 Å². The topological polar surface area (TPSA) is 61.9 Å². The van der Waals surface area contributed by atoms with E-state index in [1.165, 1.54) is 0 Å². The number of amides is 2. The highest BCUT2D eigenvalue weighted by molar-refractivity contribution is 5.85. The summed E-state index contributed by atoms with van der Waals surface area (Å²) in [6.07, 6.45) is 2.19. The quantitative estimate of drug-likeness (QED) is 0.853. The van der Waals surface area contributed by atoms with Crippen molar-refractivity contribution in [3.8, 4) is 0 Å². The number of likely N-dealkylation sites (tertiary alicyclic amines) is 1. The molecule has 6 heteroatoms. The molecule has 0 aliphatic carbocycles. The third-order valence-corrected chi connectivity index (χ3v) is 3.29. The molecule has 0 aromatic heterocycles. The van der Waals surface area contributed by atoms with E-state index in [0.717, 1.165) is 19.4 Å². The van der Waals surface area contributed by atoms with E-state index in [9.17, 15) is 9.59 Å². The maximum absolute atomic E-state index is 12.3. The van der Waals surface area contributed by atoms with Gasteiger partial charge in [0.05, 0.1) is 0 Å². The van der Waals surface area contributed by atoms with Crippen molar-refractivity contribution in [2.75, 3.05) is 33.7 Å². The van der Waals surface area contributed by atoms with Crippen LogP contribution >= 0.6 is 0 Å². The lowest BCUT2D eigenvalue weighted by molar-refractivity contribution is -0.127. The van der Waals surface area contributed by atoms with Gasteiger partial charge in [0.15, 0.2) is 0 Å². The van der Waals surface area contributed by atoms with Crippen LogP contribution in [0.2, 0.25) is 0 Å². The van der Waals surface area contributed by atoms with E-state index in [4.69, 9.17) is 4.74 Å². The number of likely N-dealkylation sites (N-methyl/N-ethyl adjacent to an activating group) is 1. The Balaban J connectivity index is 2.60. The summed E-state index contributed by atoms with van der Waals surface area (Å²) in [7, 11) is 3.92. The second-order valence-electron chi connectivity index (χ2n) is 6.78. The summed E-state index contributed by atoms with van der Waals surface area (Å²) < 4.78 is 5.40. The molecule has 1 rings (SSSR count). The smallest absolute Gasteiger partial charge is 0.410 e. The number of hydrogen-bond donors (Lipinski definition) is 1. The lowest BCUT2D eigenvalue weighted by Gasteiger charge is -2.35. The predicted molar refractivity (Wildman–Crippen MR) is 82.1 cm³/mol. The molecule has 0 radical (unpaired) electrons. The van der Waals surface area contributed by atoms with Gasteiger partial charge in [-0.2, -0.15) is 0 Å². The summed E-state index contributed by atoms with van der Waals surface area (Å²) in [6.45, 7) is 7.46. The minimum absolute atomic E-state index is 0.0811. The van der Waals surface area contributed by atoms with E-state index in [0.29, 0.717) is 19.5 Å². The highest BCUT2D eigenvalue weighted by atomic mass is 16.6. The SMILES string of the molecule is CN(C)CCNC(=O)C1CCCCN1C(=O)OC(C)(C)C. The van der Waals surface area contributed by atoms with Crippen LogP contribution in [0, 0.1) is 0 Å². The average Bonchev–Trinajstić information content (AvgIpc) is 2.36. The van der Waals surface area contributed by atoms with Crippen LogP contribution in [-0.4, -0.2) is 67.2 Å². The van der Waals surface area contributed by atoms with Gasteiger partial charge in [0.25, 0.3) is 0 Å². The molecule has 0 saturated carbocycles. The Morgan fingerprint density at radius 1 is 1.29 bits per heavy atom. The zero-order valence-electron chi connectivity index (χ0n) is 13.9. The second-order valence-corrected chi connectivity index (χ2v) is 6.78. The van der Waals surface area contributed by atoms with E-state index in [2.05, 4.69) is 5.32 Å². The summed E-state index contributed by atoms with van der Waals surface area (Å²) in [6, 6.07) is -0.407. The van der Waals surface area contributed by atoms with E-state index in [1.54, 1.807) is 4.90 Å². The van der Waals surface area contributed by atoms with Crippen molar-refractivity contribution < 1.29 is 14.3 Å². The number of nitrogens with one attached hydrogen (secondary N) is 1. The normalized spacial score (nSPS) is 19.5. The Morgan fingerprint density at radius 2 is 1.95 bits per heavy atom. The van der Waals surface area contributed by atoms with Gasteiger partial charge < -0.3 is 15.0 Å². The van der Waals surface area contributed by atoms with Crippen LogP contribution in [0.25, 0.3) is 0 Å². The summed E-state index contributed by atoms with van der Waals surface area (Å²) in [5.74, 6) is -0.0811. The van der Waals surface area contributed by atoms with Gasteiger partial charge in [0, 0.05) is 19.6 Å². The molecule has 0 aromatic carbocycles. The number of piperidine rings is 1. The first-order valence-electron chi connectivity index (χ1n) is 7.63. The number of ether oxygens (including phenoxy) is 1. The van der Waals surface area contributed by atoms with Gasteiger partial charge in [0.1, 0.15) is 11.6 Å². The van der Waals surface area contributed by atoms with Crippen molar-refractivity contribution in [1.82, 2.24) is 15.1 Å². The van der Waals surface area contributed by atoms with Gasteiger partial charge in [-0.3, -0.25) is 9.69 Å². The fourth-order valence-corrected chi connectivity index (χ4v) is 2.26. The molecule has 0 spiro atoms. The number of rotatable bonds is 4. The Kier molecular flexibility index (Phi) is 6.45. The number of nitrogens with zero attached hydrogens (tertiary/aromatic N) is 2. The van der Waals surface area contributed by atoms with Gasteiger partial charge in [-0.05, 0) is 54.1 Å². The van der Waals surface area contributed by atoms with Crippen molar-refractivity contribution in [3.63, 3.8) is 0 Å². The minimum atomic E-state index is -0.541. The van der Waals surface area contributed by atoms with E-state index in [1.807, 2.05) is 39.8 Å². The monoisotopic (exact) mass is 299 g/mol. The molecule has 1 aliphatic heterocycles. The number of carbonyl (C=O) groups is 2. The van der Waals surface area contributed by atoms with E-state index < -0.39 is 17.7 Å². The molecular formula is C15H29N3O3. The van der Waals surface area contributed by atoms with Gasteiger partial charge in [-0.25, -0.2) is 4.79 Å². The first kappa shape index (κ1) is 17.8. The summed E-state index contributed by atoms with van der Waals surface area (Å²) in [5, 5.41) is 2.90. The van der Waals surface area contributed by atoms with Crippen LogP contribution in [0.5, 0.6) is 0 Å². The first-order valence-corrected chi connectivity index (χ1v) is 7.63. The Bertz CT molecular complexity index is 364. The molecule has 2 amide bonds. The van der Waals surface area contributed by atoms with E-state index >= 15 is 0 Å². The van der Waals surface area contributed by atoms with Crippen LogP contribution in [0.4, 0.5) is 4.79 Å². The zero-order valence-corrected chi connectivity index (χ0v) is 13.9. The number of hydrogen-bond acceptors (Lipinski definition) is 4. The molecule has 122 valence electrons. The van der Waals surface area contributed by atoms with Gasteiger partial charge >= 0.3 is 6.09 Å². The number of carbonyl (C=O) groups excluding carboxylic acids is 2. The van der Waals surface area contributed by atoms with Gasteiger partial charge in [-0.1, -0.05) is 0 Å². The van der Waals surface area contributed by atoms with E-state index in [-0.39, 0.29) is 5.91 Å². The van der Waals surface area contributed by atoms with Crippen LogP contribution in [0.15, 0.2) is 0 Å². The Hall–Kier alpha value is -1.30. The molecule has 1 saturated heterocycles. The lowest BCUT2D eigenvalue weighted by Crippen LogP contribution is -2.53. The molecule has 1 N–H and O–H groups in total. The standard InChI is InChI=1S/C15H29N3O3/c1-15(2,3)21-14(20)18-10-7-6-8-12(18)13(19)16-9-11-17(4)5/h12H,6-11H2,1-5H3,(H,16,19). The predicted octanol–water partition coefficient (Wildman–Crippen LogP) is 1.45. The van der Waals surface area contributed by atoms with Gasteiger partial charge in [-0.15, -0.1) is 0 Å². The maximum Gasteiger partial charge on any atom is 0.410 e. The van der Waals surface area contributed by atoms with Crippen molar-refractivity contribution in [2.45, 2.75) is 51.7 Å². The Labute approximate surface area is 127 Å². The maximum atomic E-state index is 12.3. The average molecular weight is 299 g/mol. The fraction of sp³-hybridized carbons (Fsp3) is 0.867. The summed E-state index contributed by atoms with van der Waals surface area (Å²) in [5.41, 5.74) is -0.541. The van der Waals surface area contributed by atoms with Crippen LogP contribution in [0.3, 0.4) is 0 Å². The largest absolute Gasteiger partial charge is 0.444 e. The second kappa shape index (κ2) is 7.64. The summed E-state index contributed by atoms with van der Waals surface area (Å²) in [4.78, 5) is 28.1. The fourth-order valence-electron chi connectivity index (χ4n) is 2.26. The molecule has 1 unspecified atom stereocenters. The van der Waals surface area contributed by atoms with Crippen molar-refractivity contribution in [2.24, 2.45) is 0 Å². The lowest BCUT2D eigenvalue weighted by atomic mass is 10.0. The molecule has 0 bridgehead atoms.